The first kappa shape index (κ1) is 28.4. The lowest BCUT2D eigenvalue weighted by Gasteiger charge is -2.18. The van der Waals surface area contributed by atoms with Gasteiger partial charge in [0.2, 0.25) is 0 Å². The van der Waals surface area contributed by atoms with E-state index >= 15 is 0 Å². The fraction of sp³-hybridized carbons (Fsp3) is 0.393. The minimum absolute atomic E-state index is 0.0900. The molecule has 0 N–H and O–H groups in total. The van der Waals surface area contributed by atoms with Crippen LogP contribution in [-0.4, -0.2) is 48.8 Å². The highest BCUT2D eigenvalue weighted by Crippen LogP contribution is 2.18. The number of ketones is 2. The van der Waals surface area contributed by atoms with Crippen LogP contribution in [0.25, 0.3) is 0 Å². The Bertz CT molecular complexity index is 1120. The Kier molecular flexibility index (Phi) is 10.5. The maximum absolute atomic E-state index is 12.8. The summed E-state index contributed by atoms with van der Waals surface area (Å²) in [6, 6.07) is 12.6. The minimum atomic E-state index is -1.08. The van der Waals surface area contributed by atoms with Gasteiger partial charge in [-0.3, -0.25) is 14.4 Å². The Balaban J connectivity index is 2.11. The van der Waals surface area contributed by atoms with Crippen LogP contribution in [0.1, 0.15) is 82.5 Å². The lowest BCUT2D eigenvalue weighted by molar-refractivity contribution is -0.151. The van der Waals surface area contributed by atoms with Gasteiger partial charge in [0.1, 0.15) is 13.2 Å². The minimum Gasteiger partial charge on any atom is -0.458 e. The number of carbonyl (C=O) groups excluding carboxylic acids is 5. The molecule has 0 aliphatic heterocycles. The maximum Gasteiger partial charge on any atom is 0.339 e. The molecule has 2 unspecified atom stereocenters. The van der Waals surface area contributed by atoms with Crippen LogP contribution in [0.5, 0.6) is 0 Å². The van der Waals surface area contributed by atoms with Crippen molar-refractivity contribution in [2.24, 2.45) is 11.8 Å². The molecular formula is C28H32O8. The van der Waals surface area contributed by atoms with E-state index in [2.05, 4.69) is 0 Å². The van der Waals surface area contributed by atoms with Gasteiger partial charge in [0.25, 0.3) is 0 Å². The predicted octanol–water partition coefficient (Wildman–Crippen LogP) is 4.70. The van der Waals surface area contributed by atoms with Crippen LogP contribution < -0.4 is 0 Å². The molecule has 8 nitrogen and oxygen atoms in total. The number of rotatable bonds is 12. The summed E-state index contributed by atoms with van der Waals surface area (Å²) in [6.07, 6.45) is -0.464. The average molecular weight is 497 g/mol. The standard InChI is InChI=1S/C28H32O8/c1-6-18(4)26(31)22-12-8-10-14-24(22)28(33)35-16-20(36-19(5)29)15-34-27(32)23-13-9-7-11-21(23)25(30)17(2)3/h7-14,17-18,20H,6,15-16H2,1-5H3. The molecule has 2 rings (SSSR count). The van der Waals surface area contributed by atoms with Gasteiger partial charge < -0.3 is 14.2 Å². The number of carbonyl (C=O) groups is 5. The van der Waals surface area contributed by atoms with Gasteiger partial charge in [0, 0.05) is 29.9 Å². The SMILES string of the molecule is CCC(C)C(=O)c1ccccc1C(=O)OCC(COC(=O)c1ccccc1C(=O)C(C)C)OC(C)=O. The number of Topliss-reactive ketones (excluding diaryl/α,β-unsaturated/α-hetero) is 2. The Hall–Kier alpha value is -3.81. The van der Waals surface area contributed by atoms with Crippen molar-refractivity contribution in [3.8, 4) is 0 Å². The summed E-state index contributed by atoms with van der Waals surface area (Å²) in [5.74, 6) is -3.16. The second kappa shape index (κ2) is 13.3. The van der Waals surface area contributed by atoms with Gasteiger partial charge in [-0.05, 0) is 18.6 Å². The molecular weight excluding hydrogens is 464 g/mol. The molecule has 2 aromatic carbocycles. The molecule has 2 atom stereocenters. The topological polar surface area (TPSA) is 113 Å². The molecule has 0 aliphatic carbocycles. The van der Waals surface area contributed by atoms with E-state index < -0.39 is 37.2 Å². The molecule has 0 bridgehead atoms. The van der Waals surface area contributed by atoms with E-state index in [9.17, 15) is 24.0 Å². The summed E-state index contributed by atoms with van der Waals surface area (Å²) in [4.78, 5) is 62.1. The highest BCUT2D eigenvalue weighted by Gasteiger charge is 2.25. The van der Waals surface area contributed by atoms with Crippen LogP contribution in [-0.2, 0) is 19.0 Å². The van der Waals surface area contributed by atoms with Crippen molar-refractivity contribution in [3.63, 3.8) is 0 Å². The monoisotopic (exact) mass is 496 g/mol. The van der Waals surface area contributed by atoms with Gasteiger partial charge in [-0.1, -0.05) is 64.1 Å². The Labute approximate surface area is 210 Å². The smallest absolute Gasteiger partial charge is 0.339 e. The van der Waals surface area contributed by atoms with E-state index in [0.29, 0.717) is 6.42 Å². The third-order valence-corrected chi connectivity index (χ3v) is 5.54. The van der Waals surface area contributed by atoms with Crippen LogP contribution in [0.15, 0.2) is 48.5 Å². The molecule has 192 valence electrons. The lowest BCUT2D eigenvalue weighted by atomic mass is 9.94. The molecule has 0 aromatic heterocycles. The molecule has 0 aliphatic rings. The second-order valence-electron chi connectivity index (χ2n) is 8.71. The molecule has 0 amide bonds. The summed E-state index contributed by atoms with van der Waals surface area (Å²) >= 11 is 0. The van der Waals surface area contributed by atoms with E-state index in [1.165, 1.54) is 19.1 Å². The Morgan fingerprint density at radius 3 is 1.50 bits per heavy atom. The number of hydrogen-bond donors (Lipinski definition) is 0. The first-order valence-electron chi connectivity index (χ1n) is 11.8. The molecule has 8 heteroatoms. The van der Waals surface area contributed by atoms with Crippen LogP contribution in [0.4, 0.5) is 0 Å². The molecule has 0 spiro atoms. The third kappa shape index (κ3) is 7.60. The lowest BCUT2D eigenvalue weighted by Crippen LogP contribution is -2.31. The van der Waals surface area contributed by atoms with Gasteiger partial charge >= 0.3 is 17.9 Å². The number of benzene rings is 2. The first-order chi connectivity index (χ1) is 17.1. The Morgan fingerprint density at radius 2 is 1.11 bits per heavy atom. The summed E-state index contributed by atoms with van der Waals surface area (Å²) in [5, 5.41) is 0. The van der Waals surface area contributed by atoms with Crippen molar-refractivity contribution in [1.82, 2.24) is 0 Å². The number of esters is 3. The van der Waals surface area contributed by atoms with Crippen LogP contribution in [0, 0.1) is 11.8 Å². The zero-order valence-electron chi connectivity index (χ0n) is 21.2. The maximum atomic E-state index is 12.8. The van der Waals surface area contributed by atoms with Crippen LogP contribution in [0.3, 0.4) is 0 Å². The third-order valence-electron chi connectivity index (χ3n) is 5.54. The molecule has 2 aromatic rings. The predicted molar refractivity (Wildman–Crippen MR) is 132 cm³/mol. The second-order valence-corrected chi connectivity index (χ2v) is 8.71. The van der Waals surface area contributed by atoms with E-state index in [1.54, 1.807) is 57.2 Å². The fourth-order valence-corrected chi connectivity index (χ4v) is 3.36. The van der Waals surface area contributed by atoms with E-state index in [0.717, 1.165) is 0 Å². The van der Waals surface area contributed by atoms with E-state index in [1.807, 2.05) is 6.92 Å². The summed E-state index contributed by atoms with van der Waals surface area (Å²) in [5.41, 5.74) is 0.670. The van der Waals surface area contributed by atoms with E-state index in [-0.39, 0.29) is 45.7 Å². The van der Waals surface area contributed by atoms with Crippen molar-refractivity contribution in [3.05, 3.63) is 70.8 Å². The first-order valence-corrected chi connectivity index (χ1v) is 11.8. The summed E-state index contributed by atoms with van der Waals surface area (Å²) in [6.45, 7) is 7.49. The summed E-state index contributed by atoms with van der Waals surface area (Å²) in [7, 11) is 0. The number of hydrogen-bond acceptors (Lipinski definition) is 8. The Morgan fingerprint density at radius 1 is 0.694 bits per heavy atom. The molecule has 0 heterocycles. The van der Waals surface area contributed by atoms with Gasteiger partial charge in [0.05, 0.1) is 11.1 Å². The van der Waals surface area contributed by atoms with Crippen molar-refractivity contribution < 1.29 is 38.2 Å². The summed E-state index contributed by atoms with van der Waals surface area (Å²) < 4.78 is 15.8. The van der Waals surface area contributed by atoms with E-state index in [4.69, 9.17) is 14.2 Å². The van der Waals surface area contributed by atoms with Crippen LogP contribution in [0.2, 0.25) is 0 Å². The molecule has 0 radical (unpaired) electrons. The van der Waals surface area contributed by atoms with Gasteiger partial charge in [-0.2, -0.15) is 0 Å². The highest BCUT2D eigenvalue weighted by atomic mass is 16.6. The molecule has 0 saturated carbocycles. The highest BCUT2D eigenvalue weighted by molar-refractivity contribution is 6.07. The van der Waals surface area contributed by atoms with Gasteiger partial charge in [-0.15, -0.1) is 0 Å². The van der Waals surface area contributed by atoms with Crippen molar-refractivity contribution >= 4 is 29.5 Å². The van der Waals surface area contributed by atoms with Crippen LogP contribution >= 0.6 is 0 Å². The molecule has 36 heavy (non-hydrogen) atoms. The molecule has 0 saturated heterocycles. The van der Waals surface area contributed by atoms with Gasteiger partial charge in [-0.25, -0.2) is 9.59 Å². The fourth-order valence-electron chi connectivity index (χ4n) is 3.36. The van der Waals surface area contributed by atoms with Gasteiger partial charge in [0.15, 0.2) is 17.7 Å². The van der Waals surface area contributed by atoms with Crippen molar-refractivity contribution in [1.29, 1.82) is 0 Å². The normalized spacial score (nSPS) is 12.4. The zero-order valence-corrected chi connectivity index (χ0v) is 21.2. The molecule has 0 fully saturated rings. The zero-order chi connectivity index (χ0) is 26.8. The largest absolute Gasteiger partial charge is 0.458 e. The van der Waals surface area contributed by atoms with Crippen molar-refractivity contribution in [2.45, 2.75) is 47.1 Å². The number of ether oxygens (including phenoxy) is 3. The van der Waals surface area contributed by atoms with Crippen molar-refractivity contribution in [2.75, 3.05) is 13.2 Å². The quantitative estimate of drug-likeness (QED) is 0.236. The average Bonchev–Trinajstić information content (AvgIpc) is 2.88.